The lowest BCUT2D eigenvalue weighted by Crippen LogP contribution is -2.49. The van der Waals surface area contributed by atoms with Gasteiger partial charge in [0.25, 0.3) is 5.91 Å². The van der Waals surface area contributed by atoms with Gasteiger partial charge in [-0.25, -0.2) is 13.9 Å². The molecule has 4 N–H and O–H groups in total. The van der Waals surface area contributed by atoms with Crippen molar-refractivity contribution in [2.45, 2.75) is 37.8 Å². The highest BCUT2D eigenvalue weighted by atomic mass is 32.2. The van der Waals surface area contributed by atoms with Crippen molar-refractivity contribution in [1.29, 1.82) is 0 Å². The van der Waals surface area contributed by atoms with E-state index in [9.17, 15) is 23.2 Å². The van der Waals surface area contributed by atoms with Crippen molar-refractivity contribution in [3.63, 3.8) is 0 Å². The normalized spacial score (nSPS) is 12.7. The van der Waals surface area contributed by atoms with Crippen LogP contribution >= 0.6 is 0 Å². The van der Waals surface area contributed by atoms with E-state index in [1.807, 2.05) is 13.8 Å². The van der Waals surface area contributed by atoms with Gasteiger partial charge in [0, 0.05) is 24.5 Å². The maximum atomic E-state index is 13.4. The van der Waals surface area contributed by atoms with E-state index in [-0.39, 0.29) is 29.3 Å². The molecule has 156 valence electrons. The largest absolute Gasteiger partial charge is 0.366 e. The minimum Gasteiger partial charge on any atom is -0.366 e. The third-order valence-corrected chi connectivity index (χ3v) is 6.09. The van der Waals surface area contributed by atoms with Crippen molar-refractivity contribution < 1.29 is 23.2 Å². The first kappa shape index (κ1) is 22.5. The molecule has 0 aliphatic carbocycles. The number of nitrogens with two attached hydrogens (primary N) is 1. The predicted molar refractivity (Wildman–Crippen MR) is 105 cm³/mol. The Balaban J connectivity index is 2.59. The number of nitrogens with one attached hydrogen (secondary N) is 1. The number of hydroxylamine groups is 1. The van der Waals surface area contributed by atoms with Crippen LogP contribution < -0.4 is 11.2 Å². The minimum atomic E-state index is -4.23. The van der Waals surface area contributed by atoms with E-state index in [0.717, 1.165) is 10.4 Å². The molecule has 0 radical (unpaired) electrons. The molecule has 1 heterocycles. The second-order valence-corrected chi connectivity index (χ2v) is 8.82. The van der Waals surface area contributed by atoms with Gasteiger partial charge in [-0.1, -0.05) is 26.0 Å². The number of rotatable bonds is 9. The fourth-order valence-electron chi connectivity index (χ4n) is 2.86. The van der Waals surface area contributed by atoms with E-state index in [0.29, 0.717) is 5.56 Å². The van der Waals surface area contributed by atoms with Crippen LogP contribution in [0.15, 0.2) is 53.7 Å². The van der Waals surface area contributed by atoms with Crippen LogP contribution in [0.3, 0.4) is 0 Å². The summed E-state index contributed by atoms with van der Waals surface area (Å²) in [5.41, 5.74) is 7.41. The van der Waals surface area contributed by atoms with Crippen LogP contribution in [0.4, 0.5) is 0 Å². The second kappa shape index (κ2) is 9.59. The molecule has 0 bridgehead atoms. The number of carbonyl (C=O) groups is 2. The van der Waals surface area contributed by atoms with Crippen molar-refractivity contribution in [2.75, 3.05) is 0 Å². The molecule has 0 saturated heterocycles. The van der Waals surface area contributed by atoms with E-state index >= 15 is 0 Å². The van der Waals surface area contributed by atoms with Crippen LogP contribution in [-0.4, -0.2) is 40.8 Å². The molecule has 0 spiro atoms. The van der Waals surface area contributed by atoms with E-state index in [2.05, 4.69) is 4.98 Å². The molecule has 0 saturated carbocycles. The van der Waals surface area contributed by atoms with Crippen molar-refractivity contribution >= 4 is 21.8 Å². The van der Waals surface area contributed by atoms with Crippen molar-refractivity contribution in [1.82, 2.24) is 14.8 Å². The Morgan fingerprint density at radius 2 is 1.97 bits per heavy atom. The topological polar surface area (TPSA) is 143 Å². The zero-order valence-electron chi connectivity index (χ0n) is 16.1. The maximum Gasteiger partial charge on any atom is 0.261 e. The van der Waals surface area contributed by atoms with Gasteiger partial charge in [-0.3, -0.25) is 19.8 Å². The summed E-state index contributed by atoms with van der Waals surface area (Å²) in [6.07, 6.45) is 3.21. The summed E-state index contributed by atoms with van der Waals surface area (Å²) in [5, 5.41) is 9.19. The number of nitrogens with zero attached hydrogens (tertiary/aromatic N) is 2. The molecule has 1 atom stereocenters. The Bertz CT molecular complexity index is 964. The quantitative estimate of drug-likeness (QED) is 0.412. The van der Waals surface area contributed by atoms with Crippen LogP contribution in [0.1, 0.15) is 36.2 Å². The number of amides is 2. The Morgan fingerprint density at radius 1 is 1.24 bits per heavy atom. The van der Waals surface area contributed by atoms with Gasteiger partial charge in [0.05, 0.1) is 4.90 Å². The lowest BCUT2D eigenvalue weighted by Gasteiger charge is -2.30. The lowest BCUT2D eigenvalue weighted by atomic mass is 10.0. The number of benzene rings is 1. The molecule has 0 fully saturated rings. The molecule has 2 aromatic rings. The zero-order chi connectivity index (χ0) is 21.6. The van der Waals surface area contributed by atoms with E-state index in [1.54, 1.807) is 23.8 Å². The zero-order valence-corrected chi connectivity index (χ0v) is 17.0. The van der Waals surface area contributed by atoms with E-state index in [1.165, 1.54) is 24.4 Å². The average Bonchev–Trinajstić information content (AvgIpc) is 2.70. The Morgan fingerprint density at radius 3 is 2.52 bits per heavy atom. The van der Waals surface area contributed by atoms with Gasteiger partial charge >= 0.3 is 0 Å². The molecule has 2 rings (SSSR count). The summed E-state index contributed by atoms with van der Waals surface area (Å²) in [7, 11) is -4.23. The van der Waals surface area contributed by atoms with Gasteiger partial charge in [0.2, 0.25) is 15.9 Å². The van der Waals surface area contributed by atoms with Crippen LogP contribution in [0.2, 0.25) is 0 Å². The summed E-state index contributed by atoms with van der Waals surface area (Å²) >= 11 is 0. The predicted octanol–water partition coefficient (Wildman–Crippen LogP) is 1.29. The molecule has 0 aliphatic rings. The highest BCUT2D eigenvalue weighted by Gasteiger charge is 2.36. The summed E-state index contributed by atoms with van der Waals surface area (Å²) in [6, 6.07) is 7.44. The third-order valence-electron chi connectivity index (χ3n) is 4.24. The first-order chi connectivity index (χ1) is 13.7. The highest BCUT2D eigenvalue weighted by molar-refractivity contribution is 7.89. The van der Waals surface area contributed by atoms with Gasteiger partial charge in [-0.15, -0.1) is 0 Å². The van der Waals surface area contributed by atoms with Crippen LogP contribution in [0, 0.1) is 5.92 Å². The molecule has 0 unspecified atom stereocenters. The van der Waals surface area contributed by atoms with Gasteiger partial charge in [-0.2, -0.15) is 4.31 Å². The van der Waals surface area contributed by atoms with Crippen molar-refractivity contribution in [3.05, 3.63) is 59.9 Å². The molecule has 29 heavy (non-hydrogen) atoms. The maximum absolute atomic E-state index is 13.4. The number of hydrogen-bond donors (Lipinski definition) is 3. The number of hydrogen-bond acceptors (Lipinski definition) is 6. The van der Waals surface area contributed by atoms with Crippen LogP contribution in [0.5, 0.6) is 0 Å². The van der Waals surface area contributed by atoms with Crippen LogP contribution in [-0.2, 0) is 21.4 Å². The van der Waals surface area contributed by atoms with Gasteiger partial charge in [0.15, 0.2) is 0 Å². The summed E-state index contributed by atoms with van der Waals surface area (Å²) in [5.74, 6) is -1.66. The number of pyridine rings is 1. The Kier molecular flexibility index (Phi) is 7.43. The number of carbonyl (C=O) groups excluding carboxylic acids is 2. The molecule has 0 aliphatic heterocycles. The molecule has 9 nitrogen and oxygen atoms in total. The Hall–Kier alpha value is -2.82. The molecular formula is C19H24N4O5S. The SMILES string of the molecule is CC(C)C[C@H](C(=O)NO)N(Cc1cccnc1)S(=O)(=O)c1cccc(C(N)=O)c1. The molecule has 10 heteroatoms. The number of primary amides is 1. The molecule has 1 aromatic heterocycles. The average molecular weight is 420 g/mol. The second-order valence-electron chi connectivity index (χ2n) is 6.93. The van der Waals surface area contributed by atoms with E-state index < -0.39 is 27.9 Å². The fourth-order valence-corrected chi connectivity index (χ4v) is 4.49. The van der Waals surface area contributed by atoms with Gasteiger partial charge in [-0.05, 0) is 42.2 Å². The lowest BCUT2D eigenvalue weighted by molar-refractivity contribution is -0.133. The summed E-state index contributed by atoms with van der Waals surface area (Å²) in [6.45, 7) is 3.52. The van der Waals surface area contributed by atoms with Gasteiger partial charge < -0.3 is 5.73 Å². The van der Waals surface area contributed by atoms with Gasteiger partial charge in [0.1, 0.15) is 6.04 Å². The smallest absolute Gasteiger partial charge is 0.261 e. The third kappa shape index (κ3) is 5.59. The molecule has 2 amide bonds. The summed E-state index contributed by atoms with van der Waals surface area (Å²) < 4.78 is 27.9. The molecule has 1 aromatic carbocycles. The monoisotopic (exact) mass is 420 g/mol. The minimum absolute atomic E-state index is 0.0272. The number of sulfonamides is 1. The first-order valence-corrected chi connectivity index (χ1v) is 10.4. The Labute approximate surface area is 169 Å². The summed E-state index contributed by atoms with van der Waals surface area (Å²) in [4.78, 5) is 27.7. The fraction of sp³-hybridized carbons (Fsp3) is 0.316. The van der Waals surface area contributed by atoms with Crippen molar-refractivity contribution in [2.24, 2.45) is 11.7 Å². The van der Waals surface area contributed by atoms with E-state index in [4.69, 9.17) is 5.73 Å². The standard InChI is InChI=1S/C19H24N4O5S/c1-13(2)9-17(19(25)22-26)23(12-14-5-4-8-21-11-14)29(27,28)16-7-3-6-15(10-16)18(20)24/h3-8,10-11,13,17,26H,9,12H2,1-2H3,(H2,20,24)(H,22,25)/t17-/m1/s1. The molecular weight excluding hydrogens is 396 g/mol. The van der Waals surface area contributed by atoms with Crippen LogP contribution in [0.25, 0.3) is 0 Å². The first-order valence-electron chi connectivity index (χ1n) is 8.91. The van der Waals surface area contributed by atoms with Crippen molar-refractivity contribution in [3.8, 4) is 0 Å². The number of aromatic nitrogens is 1. The highest BCUT2D eigenvalue weighted by Crippen LogP contribution is 2.25.